The number of likely N-dealkylation sites (N-methyl/N-ethyl adjacent to an activating group) is 1. The number of rotatable bonds is 4. The van der Waals surface area contributed by atoms with E-state index < -0.39 is 0 Å². The summed E-state index contributed by atoms with van der Waals surface area (Å²) in [5, 5.41) is 14.2. The molecule has 0 spiro atoms. The lowest BCUT2D eigenvalue weighted by Gasteiger charge is -2.12. The maximum absolute atomic E-state index is 10.8. The summed E-state index contributed by atoms with van der Waals surface area (Å²) in [6, 6.07) is 7.34. The third kappa shape index (κ3) is 3.01. The van der Waals surface area contributed by atoms with Crippen LogP contribution >= 0.6 is 0 Å². The van der Waals surface area contributed by atoms with Gasteiger partial charge >= 0.3 is 0 Å². The van der Waals surface area contributed by atoms with Crippen LogP contribution in [-0.2, 0) is 6.54 Å². The molecular formula is C12H17N3O2. The summed E-state index contributed by atoms with van der Waals surface area (Å²) < 4.78 is 0. The Morgan fingerprint density at radius 1 is 1.53 bits per heavy atom. The molecule has 0 bridgehead atoms. The minimum atomic E-state index is -0.322. The number of likely N-dealkylation sites (tertiary alicyclic amines) is 1. The fraction of sp³-hybridized carbons (Fsp3) is 0.500. The van der Waals surface area contributed by atoms with Gasteiger partial charge in [0.2, 0.25) is 0 Å². The van der Waals surface area contributed by atoms with Gasteiger partial charge in [-0.25, -0.2) is 0 Å². The highest BCUT2D eigenvalue weighted by Gasteiger charge is 2.20. The van der Waals surface area contributed by atoms with Crippen LogP contribution < -0.4 is 5.32 Å². The van der Waals surface area contributed by atoms with E-state index in [4.69, 9.17) is 0 Å². The van der Waals surface area contributed by atoms with Crippen LogP contribution in [-0.4, -0.2) is 36.0 Å². The first-order valence-electron chi connectivity index (χ1n) is 5.81. The van der Waals surface area contributed by atoms with Gasteiger partial charge in [-0.2, -0.15) is 0 Å². The molecule has 92 valence electrons. The molecule has 17 heavy (non-hydrogen) atoms. The monoisotopic (exact) mass is 235 g/mol. The smallest absolute Gasteiger partial charge is 0.273 e. The van der Waals surface area contributed by atoms with E-state index in [1.165, 1.54) is 0 Å². The molecule has 1 fully saturated rings. The van der Waals surface area contributed by atoms with Crippen molar-refractivity contribution in [2.24, 2.45) is 0 Å². The predicted molar refractivity (Wildman–Crippen MR) is 65.8 cm³/mol. The molecule has 1 N–H and O–H groups in total. The molecule has 5 heteroatoms. The molecule has 1 aliphatic heterocycles. The standard InChI is InChI=1S/C12H17N3O2/c1-14-7-6-11(9-14)13-8-10-4-2-3-5-12(10)15(16)17/h2-5,11,13H,6-9H2,1H3. The average molecular weight is 235 g/mol. The molecule has 0 radical (unpaired) electrons. The van der Waals surface area contributed by atoms with Crippen LogP contribution in [0.1, 0.15) is 12.0 Å². The summed E-state index contributed by atoms with van der Waals surface area (Å²) in [6.07, 6.45) is 1.11. The highest BCUT2D eigenvalue weighted by atomic mass is 16.6. The Kier molecular flexibility index (Phi) is 3.71. The number of nitro groups is 1. The Morgan fingerprint density at radius 3 is 2.94 bits per heavy atom. The zero-order valence-electron chi connectivity index (χ0n) is 9.93. The Labute approximate surface area is 101 Å². The van der Waals surface area contributed by atoms with Crippen LogP contribution in [0.2, 0.25) is 0 Å². The van der Waals surface area contributed by atoms with Gasteiger partial charge in [-0.1, -0.05) is 18.2 Å². The molecule has 1 saturated heterocycles. The molecule has 0 saturated carbocycles. The minimum absolute atomic E-state index is 0.200. The number of hydrogen-bond donors (Lipinski definition) is 1. The average Bonchev–Trinajstić information content (AvgIpc) is 2.73. The molecule has 5 nitrogen and oxygen atoms in total. The van der Waals surface area contributed by atoms with Crippen LogP contribution in [0.4, 0.5) is 5.69 Å². The molecule has 1 unspecified atom stereocenters. The summed E-state index contributed by atoms with van der Waals surface area (Å²) in [5.74, 6) is 0. The zero-order chi connectivity index (χ0) is 12.3. The van der Waals surface area contributed by atoms with Gasteiger partial charge in [0, 0.05) is 30.8 Å². The second kappa shape index (κ2) is 5.25. The Hall–Kier alpha value is -1.46. The topological polar surface area (TPSA) is 58.4 Å². The SMILES string of the molecule is CN1CCC(NCc2ccccc2[N+](=O)[O-])C1. The van der Waals surface area contributed by atoms with Gasteiger partial charge in [0.25, 0.3) is 5.69 Å². The molecule has 1 atom stereocenters. The highest BCUT2D eigenvalue weighted by molar-refractivity contribution is 5.39. The van der Waals surface area contributed by atoms with Crippen LogP contribution in [0.25, 0.3) is 0 Å². The fourth-order valence-corrected chi connectivity index (χ4v) is 2.19. The summed E-state index contributed by atoms with van der Waals surface area (Å²) in [7, 11) is 2.09. The van der Waals surface area contributed by atoms with Crippen molar-refractivity contribution in [1.29, 1.82) is 0 Å². The molecular weight excluding hydrogens is 218 g/mol. The van der Waals surface area contributed by atoms with Gasteiger partial charge in [0.1, 0.15) is 0 Å². The third-order valence-corrected chi connectivity index (χ3v) is 3.16. The van der Waals surface area contributed by atoms with E-state index in [9.17, 15) is 10.1 Å². The maximum Gasteiger partial charge on any atom is 0.273 e. The summed E-state index contributed by atoms with van der Waals surface area (Å²) >= 11 is 0. The van der Waals surface area contributed by atoms with Gasteiger partial charge in [-0.15, -0.1) is 0 Å². The number of nitro benzene ring substituents is 1. The summed E-state index contributed by atoms with van der Waals surface area (Å²) in [4.78, 5) is 12.8. The first-order valence-corrected chi connectivity index (χ1v) is 5.81. The minimum Gasteiger partial charge on any atom is -0.308 e. The second-order valence-corrected chi connectivity index (χ2v) is 4.51. The first-order chi connectivity index (χ1) is 8.16. The second-order valence-electron chi connectivity index (χ2n) is 4.51. The molecule has 1 aliphatic rings. The van der Waals surface area contributed by atoms with E-state index in [1.807, 2.05) is 12.1 Å². The number of hydrogen-bond acceptors (Lipinski definition) is 4. The van der Waals surface area contributed by atoms with Crippen LogP contribution in [0.3, 0.4) is 0 Å². The van der Waals surface area contributed by atoms with Crippen molar-refractivity contribution >= 4 is 5.69 Å². The Balaban J connectivity index is 1.97. The number of nitrogens with zero attached hydrogens (tertiary/aromatic N) is 2. The molecule has 0 aliphatic carbocycles. The van der Waals surface area contributed by atoms with Crippen LogP contribution in [0.5, 0.6) is 0 Å². The summed E-state index contributed by atoms with van der Waals surface area (Å²) in [6.45, 7) is 2.67. The van der Waals surface area contributed by atoms with Crippen molar-refractivity contribution < 1.29 is 4.92 Å². The van der Waals surface area contributed by atoms with Gasteiger partial charge in [-0.3, -0.25) is 10.1 Å². The predicted octanol–water partition coefficient (Wildman–Crippen LogP) is 1.39. The first kappa shape index (κ1) is 12.0. The van der Waals surface area contributed by atoms with Gasteiger partial charge < -0.3 is 10.2 Å². The van der Waals surface area contributed by atoms with Gasteiger partial charge in [0.15, 0.2) is 0 Å². The van der Waals surface area contributed by atoms with Crippen molar-refractivity contribution in [1.82, 2.24) is 10.2 Å². The van der Waals surface area contributed by atoms with E-state index >= 15 is 0 Å². The quantitative estimate of drug-likeness (QED) is 0.633. The molecule has 1 heterocycles. The lowest BCUT2D eigenvalue weighted by Crippen LogP contribution is -2.31. The van der Waals surface area contributed by atoms with Gasteiger partial charge in [-0.05, 0) is 20.0 Å². The van der Waals surface area contributed by atoms with E-state index in [-0.39, 0.29) is 10.6 Å². The molecule has 0 aromatic heterocycles. The van der Waals surface area contributed by atoms with Crippen LogP contribution in [0, 0.1) is 10.1 Å². The molecule has 2 rings (SSSR count). The molecule has 1 aromatic rings. The Bertz CT molecular complexity index is 408. The number of benzene rings is 1. The largest absolute Gasteiger partial charge is 0.308 e. The lowest BCUT2D eigenvalue weighted by molar-refractivity contribution is -0.385. The van der Waals surface area contributed by atoms with Crippen molar-refractivity contribution in [3.8, 4) is 0 Å². The Morgan fingerprint density at radius 2 is 2.29 bits per heavy atom. The lowest BCUT2D eigenvalue weighted by atomic mass is 10.1. The van der Waals surface area contributed by atoms with E-state index in [0.29, 0.717) is 12.6 Å². The van der Waals surface area contributed by atoms with E-state index in [0.717, 1.165) is 25.1 Å². The summed E-state index contributed by atoms with van der Waals surface area (Å²) in [5.41, 5.74) is 0.957. The maximum atomic E-state index is 10.8. The van der Waals surface area contributed by atoms with Gasteiger partial charge in [0.05, 0.1) is 4.92 Å². The van der Waals surface area contributed by atoms with Crippen molar-refractivity contribution in [2.45, 2.75) is 19.0 Å². The number of para-hydroxylation sites is 1. The van der Waals surface area contributed by atoms with Crippen molar-refractivity contribution in [2.75, 3.05) is 20.1 Å². The highest BCUT2D eigenvalue weighted by Crippen LogP contribution is 2.18. The number of nitrogens with one attached hydrogen (secondary N) is 1. The van der Waals surface area contributed by atoms with E-state index in [1.54, 1.807) is 12.1 Å². The van der Waals surface area contributed by atoms with E-state index in [2.05, 4.69) is 17.3 Å². The normalized spacial score (nSPS) is 20.6. The molecule has 0 amide bonds. The third-order valence-electron chi connectivity index (χ3n) is 3.16. The van der Waals surface area contributed by atoms with Crippen molar-refractivity contribution in [3.05, 3.63) is 39.9 Å². The fourth-order valence-electron chi connectivity index (χ4n) is 2.19. The molecule has 1 aromatic carbocycles. The van der Waals surface area contributed by atoms with Crippen LogP contribution in [0.15, 0.2) is 24.3 Å². The zero-order valence-corrected chi connectivity index (χ0v) is 9.93. The van der Waals surface area contributed by atoms with Crippen molar-refractivity contribution in [3.63, 3.8) is 0 Å².